The Morgan fingerprint density at radius 3 is 2.52 bits per heavy atom. The summed E-state index contributed by atoms with van der Waals surface area (Å²) in [5.74, 6) is 1.84. The van der Waals surface area contributed by atoms with Gasteiger partial charge >= 0.3 is 0 Å². The summed E-state index contributed by atoms with van der Waals surface area (Å²) in [6, 6.07) is 10.7. The van der Waals surface area contributed by atoms with Gasteiger partial charge in [0.1, 0.15) is 0 Å². The van der Waals surface area contributed by atoms with Crippen molar-refractivity contribution >= 4 is 16.9 Å². The SMILES string of the molecule is CCC1CCC(CNC2=NCC(c3ccccc3)S2)CC1. The lowest BCUT2D eigenvalue weighted by molar-refractivity contribution is 0.269. The van der Waals surface area contributed by atoms with Gasteiger partial charge in [-0.25, -0.2) is 0 Å². The Morgan fingerprint density at radius 2 is 1.81 bits per heavy atom. The minimum atomic E-state index is 0.504. The highest BCUT2D eigenvalue weighted by Crippen LogP contribution is 2.35. The Bertz CT molecular complexity index is 463. The van der Waals surface area contributed by atoms with Crippen LogP contribution in [0.15, 0.2) is 35.3 Å². The fourth-order valence-corrected chi connectivity index (χ4v) is 4.42. The molecule has 1 unspecified atom stereocenters. The second-order valence-corrected chi connectivity index (χ2v) is 7.53. The van der Waals surface area contributed by atoms with Crippen LogP contribution in [0.2, 0.25) is 0 Å². The Morgan fingerprint density at radius 1 is 1.10 bits per heavy atom. The third-order valence-electron chi connectivity index (χ3n) is 4.91. The average Bonchev–Trinajstić information content (AvgIpc) is 3.03. The van der Waals surface area contributed by atoms with Gasteiger partial charge in [-0.15, -0.1) is 0 Å². The largest absolute Gasteiger partial charge is 0.365 e. The summed E-state index contributed by atoms with van der Waals surface area (Å²) in [7, 11) is 0. The number of hydrogen-bond donors (Lipinski definition) is 1. The second-order valence-electron chi connectivity index (χ2n) is 6.34. The third kappa shape index (κ3) is 4.03. The van der Waals surface area contributed by atoms with Crippen LogP contribution in [0, 0.1) is 11.8 Å². The van der Waals surface area contributed by atoms with Crippen molar-refractivity contribution in [3.05, 3.63) is 35.9 Å². The minimum absolute atomic E-state index is 0.504. The second kappa shape index (κ2) is 7.35. The fourth-order valence-electron chi connectivity index (χ4n) is 3.39. The smallest absolute Gasteiger partial charge is 0.157 e. The van der Waals surface area contributed by atoms with Crippen molar-refractivity contribution in [1.29, 1.82) is 0 Å². The molecule has 1 aromatic carbocycles. The molecule has 3 rings (SSSR count). The molecule has 1 saturated carbocycles. The normalized spacial score (nSPS) is 29.2. The number of aliphatic imine (C=N–C) groups is 1. The lowest BCUT2D eigenvalue weighted by atomic mass is 9.81. The third-order valence-corrected chi connectivity index (χ3v) is 6.11. The van der Waals surface area contributed by atoms with E-state index in [1.807, 2.05) is 11.8 Å². The maximum atomic E-state index is 4.68. The first-order chi connectivity index (χ1) is 10.3. The van der Waals surface area contributed by atoms with Crippen LogP contribution in [-0.2, 0) is 0 Å². The van der Waals surface area contributed by atoms with Gasteiger partial charge in [-0.1, -0.05) is 68.3 Å². The lowest BCUT2D eigenvalue weighted by Gasteiger charge is -2.28. The van der Waals surface area contributed by atoms with Crippen molar-refractivity contribution in [1.82, 2.24) is 5.32 Å². The van der Waals surface area contributed by atoms with Crippen LogP contribution in [0.4, 0.5) is 0 Å². The highest BCUT2D eigenvalue weighted by atomic mass is 32.2. The van der Waals surface area contributed by atoms with E-state index in [0.29, 0.717) is 5.25 Å². The van der Waals surface area contributed by atoms with Crippen LogP contribution in [0.1, 0.15) is 49.8 Å². The molecule has 0 spiro atoms. The topological polar surface area (TPSA) is 24.4 Å². The maximum absolute atomic E-state index is 4.68. The fraction of sp³-hybridized carbons (Fsp3) is 0.611. The molecular weight excluding hydrogens is 276 g/mol. The number of nitrogens with one attached hydrogen (secondary N) is 1. The Kier molecular flexibility index (Phi) is 5.23. The van der Waals surface area contributed by atoms with Gasteiger partial charge in [-0.05, 0) is 30.2 Å². The van der Waals surface area contributed by atoms with Crippen molar-refractivity contribution < 1.29 is 0 Å². The Labute approximate surface area is 132 Å². The van der Waals surface area contributed by atoms with Gasteiger partial charge in [0.05, 0.1) is 11.8 Å². The number of thioether (sulfide) groups is 1. The zero-order valence-corrected chi connectivity index (χ0v) is 13.7. The van der Waals surface area contributed by atoms with Crippen LogP contribution in [0.25, 0.3) is 0 Å². The first-order valence-electron chi connectivity index (χ1n) is 8.35. The molecule has 2 nitrogen and oxygen atoms in total. The first-order valence-corrected chi connectivity index (χ1v) is 9.23. The molecule has 21 heavy (non-hydrogen) atoms. The van der Waals surface area contributed by atoms with E-state index in [1.165, 1.54) is 37.7 Å². The number of benzene rings is 1. The van der Waals surface area contributed by atoms with E-state index in [9.17, 15) is 0 Å². The number of hydrogen-bond acceptors (Lipinski definition) is 3. The molecule has 3 heteroatoms. The van der Waals surface area contributed by atoms with Gasteiger partial charge in [0.2, 0.25) is 0 Å². The molecule has 0 saturated heterocycles. The standard InChI is InChI=1S/C18H26N2S/c1-2-14-8-10-15(11-9-14)12-19-18-20-13-17(21-18)16-6-4-3-5-7-16/h3-7,14-15,17H,2,8-13H2,1H3,(H,19,20). The molecule has 1 atom stereocenters. The summed E-state index contributed by atoms with van der Waals surface area (Å²) in [6.07, 6.45) is 7.00. The van der Waals surface area contributed by atoms with Crippen LogP contribution in [0.5, 0.6) is 0 Å². The van der Waals surface area contributed by atoms with E-state index in [0.717, 1.165) is 30.1 Å². The van der Waals surface area contributed by atoms with Crippen molar-refractivity contribution in [3.63, 3.8) is 0 Å². The zero-order chi connectivity index (χ0) is 14.5. The van der Waals surface area contributed by atoms with Gasteiger partial charge in [-0.2, -0.15) is 0 Å². The highest BCUT2D eigenvalue weighted by molar-refractivity contribution is 8.14. The van der Waals surface area contributed by atoms with Gasteiger partial charge in [0, 0.05) is 6.54 Å². The molecule has 1 aliphatic carbocycles. The highest BCUT2D eigenvalue weighted by Gasteiger charge is 2.23. The van der Waals surface area contributed by atoms with Crippen LogP contribution in [0.3, 0.4) is 0 Å². The summed E-state index contributed by atoms with van der Waals surface area (Å²) in [4.78, 5) is 4.68. The Balaban J connectivity index is 1.41. The number of rotatable bonds is 4. The quantitative estimate of drug-likeness (QED) is 0.876. The van der Waals surface area contributed by atoms with Crippen molar-refractivity contribution in [2.75, 3.05) is 13.1 Å². The van der Waals surface area contributed by atoms with E-state index in [1.54, 1.807) is 0 Å². The van der Waals surface area contributed by atoms with Gasteiger partial charge < -0.3 is 5.32 Å². The minimum Gasteiger partial charge on any atom is -0.365 e. The van der Waals surface area contributed by atoms with E-state index in [4.69, 9.17) is 0 Å². The van der Waals surface area contributed by atoms with Crippen molar-refractivity contribution in [3.8, 4) is 0 Å². The summed E-state index contributed by atoms with van der Waals surface area (Å²) in [5, 5.41) is 5.26. The van der Waals surface area contributed by atoms with Crippen molar-refractivity contribution in [2.45, 2.75) is 44.3 Å². The lowest BCUT2D eigenvalue weighted by Crippen LogP contribution is -2.29. The summed E-state index contributed by atoms with van der Waals surface area (Å²) >= 11 is 1.90. The molecule has 1 aromatic rings. The number of amidine groups is 1. The van der Waals surface area contributed by atoms with Crippen LogP contribution >= 0.6 is 11.8 Å². The van der Waals surface area contributed by atoms with E-state index < -0.39 is 0 Å². The van der Waals surface area contributed by atoms with Crippen LogP contribution in [-0.4, -0.2) is 18.3 Å². The van der Waals surface area contributed by atoms with Gasteiger partial charge in [0.15, 0.2) is 5.17 Å². The zero-order valence-electron chi connectivity index (χ0n) is 12.9. The molecule has 114 valence electrons. The van der Waals surface area contributed by atoms with E-state index in [-0.39, 0.29) is 0 Å². The molecule has 0 bridgehead atoms. The van der Waals surface area contributed by atoms with E-state index >= 15 is 0 Å². The molecule has 1 heterocycles. The molecule has 1 fully saturated rings. The summed E-state index contributed by atoms with van der Waals surface area (Å²) < 4.78 is 0. The molecule has 0 aromatic heterocycles. The molecule has 1 N–H and O–H groups in total. The molecule has 0 amide bonds. The van der Waals surface area contributed by atoms with E-state index in [2.05, 4.69) is 47.6 Å². The predicted molar refractivity (Wildman–Crippen MR) is 92.8 cm³/mol. The van der Waals surface area contributed by atoms with Crippen LogP contribution < -0.4 is 5.32 Å². The molecule has 2 aliphatic rings. The maximum Gasteiger partial charge on any atom is 0.157 e. The van der Waals surface area contributed by atoms with Crippen molar-refractivity contribution in [2.24, 2.45) is 16.8 Å². The molecule has 1 aliphatic heterocycles. The monoisotopic (exact) mass is 302 g/mol. The van der Waals surface area contributed by atoms with Gasteiger partial charge in [-0.3, -0.25) is 4.99 Å². The Hall–Kier alpha value is -0.960. The predicted octanol–water partition coefficient (Wildman–Crippen LogP) is 4.64. The summed E-state index contributed by atoms with van der Waals surface area (Å²) in [6.45, 7) is 4.36. The number of nitrogens with zero attached hydrogens (tertiary/aromatic N) is 1. The van der Waals surface area contributed by atoms with Gasteiger partial charge in [0.25, 0.3) is 0 Å². The molecule has 0 radical (unpaired) electrons. The average molecular weight is 302 g/mol. The molecular formula is C18H26N2S. The summed E-state index contributed by atoms with van der Waals surface area (Å²) in [5.41, 5.74) is 1.39. The first kappa shape index (κ1) is 15.0.